The van der Waals surface area contributed by atoms with Crippen LogP contribution in [-0.2, 0) is 17.5 Å². The Kier molecular flexibility index (Phi) is 6.81. The molecule has 30 heavy (non-hydrogen) atoms. The van der Waals surface area contributed by atoms with Crippen molar-refractivity contribution in [3.05, 3.63) is 53.7 Å². The van der Waals surface area contributed by atoms with Crippen molar-refractivity contribution in [1.82, 2.24) is 15.2 Å². The second-order valence-corrected chi connectivity index (χ2v) is 7.17. The van der Waals surface area contributed by atoms with E-state index in [9.17, 15) is 18.0 Å². The van der Waals surface area contributed by atoms with Crippen molar-refractivity contribution in [2.24, 2.45) is 0 Å². The molecule has 0 saturated carbocycles. The van der Waals surface area contributed by atoms with Gasteiger partial charge >= 0.3 is 6.18 Å². The molecule has 9 heteroatoms. The Balaban J connectivity index is 1.48. The molecule has 0 aliphatic carbocycles. The van der Waals surface area contributed by atoms with E-state index in [4.69, 9.17) is 4.74 Å². The second kappa shape index (κ2) is 9.34. The number of pyridine rings is 1. The van der Waals surface area contributed by atoms with E-state index in [0.29, 0.717) is 38.5 Å². The summed E-state index contributed by atoms with van der Waals surface area (Å²) in [5.41, 5.74) is 0.224. The maximum absolute atomic E-state index is 12.7. The minimum absolute atomic E-state index is 0.0630. The molecule has 1 saturated heterocycles. The fourth-order valence-electron chi connectivity index (χ4n) is 3.33. The molecule has 0 bridgehead atoms. The van der Waals surface area contributed by atoms with Gasteiger partial charge in [0.1, 0.15) is 11.6 Å². The van der Waals surface area contributed by atoms with Crippen LogP contribution in [0.4, 0.5) is 19.0 Å². The normalized spacial score (nSPS) is 16.2. The van der Waals surface area contributed by atoms with E-state index in [1.54, 1.807) is 7.11 Å². The number of benzene rings is 1. The quantitative estimate of drug-likeness (QED) is 0.776. The number of alkyl halides is 3. The van der Waals surface area contributed by atoms with Crippen molar-refractivity contribution in [2.45, 2.75) is 25.7 Å². The van der Waals surface area contributed by atoms with Gasteiger partial charge in [0, 0.05) is 38.9 Å². The molecule has 2 aromatic rings. The van der Waals surface area contributed by atoms with Crippen LogP contribution >= 0.6 is 0 Å². The van der Waals surface area contributed by atoms with Gasteiger partial charge in [-0.25, -0.2) is 4.98 Å². The molecular formula is C21H25F3N4O2. The Labute approximate surface area is 173 Å². The van der Waals surface area contributed by atoms with Crippen LogP contribution in [-0.4, -0.2) is 55.1 Å². The van der Waals surface area contributed by atoms with Crippen LogP contribution in [0.1, 0.15) is 18.1 Å². The van der Waals surface area contributed by atoms with Crippen LogP contribution in [0.2, 0.25) is 0 Å². The highest BCUT2D eigenvalue weighted by atomic mass is 19.4. The van der Waals surface area contributed by atoms with E-state index < -0.39 is 11.7 Å². The van der Waals surface area contributed by atoms with Crippen molar-refractivity contribution in [1.29, 1.82) is 0 Å². The second-order valence-electron chi connectivity index (χ2n) is 7.17. The fraction of sp³-hybridized carbons (Fsp3) is 0.429. The first-order valence-electron chi connectivity index (χ1n) is 9.71. The highest BCUT2D eigenvalue weighted by Gasteiger charge is 2.31. The highest BCUT2D eigenvalue weighted by molar-refractivity contribution is 5.81. The predicted molar refractivity (Wildman–Crippen MR) is 107 cm³/mol. The molecule has 1 aliphatic rings. The molecule has 3 rings (SSSR count). The summed E-state index contributed by atoms with van der Waals surface area (Å²) in [4.78, 5) is 20.4. The van der Waals surface area contributed by atoms with Gasteiger partial charge in [-0.2, -0.15) is 13.2 Å². The molecule has 6 nitrogen and oxygen atoms in total. The lowest BCUT2D eigenvalue weighted by Gasteiger charge is -2.38. The van der Waals surface area contributed by atoms with Gasteiger partial charge in [-0.15, -0.1) is 0 Å². The summed E-state index contributed by atoms with van der Waals surface area (Å²) in [5, 5.41) is 2.94. The summed E-state index contributed by atoms with van der Waals surface area (Å²) in [6.07, 6.45) is -3.53. The number of ether oxygens (including phenoxy) is 1. The fourth-order valence-corrected chi connectivity index (χ4v) is 3.33. The molecule has 0 radical (unpaired) electrons. The molecule has 1 amide bonds. The molecule has 1 aliphatic heterocycles. The molecule has 2 heterocycles. The molecule has 1 unspecified atom stereocenters. The monoisotopic (exact) mass is 422 g/mol. The number of hydrogen-bond donors (Lipinski definition) is 1. The van der Waals surface area contributed by atoms with Gasteiger partial charge in [0.15, 0.2) is 0 Å². The summed E-state index contributed by atoms with van der Waals surface area (Å²) in [5.74, 6) is 1.21. The van der Waals surface area contributed by atoms with E-state index in [2.05, 4.69) is 15.2 Å². The van der Waals surface area contributed by atoms with E-state index in [1.807, 2.05) is 36.1 Å². The zero-order valence-corrected chi connectivity index (χ0v) is 16.9. The summed E-state index contributed by atoms with van der Waals surface area (Å²) in [7, 11) is 1.60. The van der Waals surface area contributed by atoms with Crippen LogP contribution in [0, 0.1) is 0 Å². The zero-order chi connectivity index (χ0) is 21.7. The SMILES string of the molecule is COc1ccc(CNC(=O)C(C)N2CCN(c3ccc(C(F)(F)F)cn3)CC2)cc1. The van der Waals surface area contributed by atoms with Crippen LogP contribution in [0.5, 0.6) is 5.75 Å². The van der Waals surface area contributed by atoms with E-state index >= 15 is 0 Å². The number of nitrogens with zero attached hydrogens (tertiary/aromatic N) is 3. The summed E-state index contributed by atoms with van der Waals surface area (Å²) < 4.78 is 43.2. The number of hydrogen-bond acceptors (Lipinski definition) is 5. The average Bonchev–Trinajstić information content (AvgIpc) is 2.77. The number of carbonyl (C=O) groups excluding carboxylic acids is 1. The van der Waals surface area contributed by atoms with Gasteiger partial charge in [0.05, 0.1) is 18.7 Å². The van der Waals surface area contributed by atoms with E-state index in [0.717, 1.165) is 23.6 Å². The van der Waals surface area contributed by atoms with Crippen molar-refractivity contribution >= 4 is 11.7 Å². The summed E-state index contributed by atoms with van der Waals surface area (Å²) in [6, 6.07) is 9.64. The lowest BCUT2D eigenvalue weighted by atomic mass is 10.2. The van der Waals surface area contributed by atoms with Gasteiger partial charge in [0.25, 0.3) is 0 Å². The van der Waals surface area contributed by atoms with E-state index in [-0.39, 0.29) is 11.9 Å². The molecule has 162 valence electrons. The number of methoxy groups -OCH3 is 1. The van der Waals surface area contributed by atoms with Crippen LogP contribution < -0.4 is 15.0 Å². The van der Waals surface area contributed by atoms with Crippen molar-refractivity contribution in [3.63, 3.8) is 0 Å². The molecule has 1 fully saturated rings. The van der Waals surface area contributed by atoms with Crippen LogP contribution in [0.25, 0.3) is 0 Å². The number of nitrogens with one attached hydrogen (secondary N) is 1. The minimum atomic E-state index is -4.39. The third-order valence-electron chi connectivity index (χ3n) is 5.27. The third kappa shape index (κ3) is 5.41. The first-order valence-corrected chi connectivity index (χ1v) is 9.71. The van der Waals surface area contributed by atoms with Crippen molar-refractivity contribution in [2.75, 3.05) is 38.2 Å². The van der Waals surface area contributed by atoms with Crippen LogP contribution in [0.15, 0.2) is 42.6 Å². The Morgan fingerprint density at radius 3 is 2.33 bits per heavy atom. The number of rotatable bonds is 6. The third-order valence-corrected chi connectivity index (χ3v) is 5.27. The lowest BCUT2D eigenvalue weighted by molar-refractivity contribution is -0.137. The average molecular weight is 422 g/mol. The predicted octanol–water partition coefficient (Wildman–Crippen LogP) is 2.94. The van der Waals surface area contributed by atoms with E-state index in [1.165, 1.54) is 6.07 Å². The number of carbonyl (C=O) groups is 1. The minimum Gasteiger partial charge on any atom is -0.497 e. The molecule has 1 atom stereocenters. The van der Waals surface area contributed by atoms with Crippen LogP contribution in [0.3, 0.4) is 0 Å². The molecule has 1 N–H and O–H groups in total. The Morgan fingerprint density at radius 2 is 1.80 bits per heavy atom. The van der Waals surface area contributed by atoms with Crippen molar-refractivity contribution < 1.29 is 22.7 Å². The number of amides is 1. The number of aromatic nitrogens is 1. The van der Waals surface area contributed by atoms with Gasteiger partial charge in [0.2, 0.25) is 5.91 Å². The molecule has 1 aromatic heterocycles. The molecule has 0 spiro atoms. The smallest absolute Gasteiger partial charge is 0.417 e. The lowest BCUT2D eigenvalue weighted by Crippen LogP contribution is -2.54. The van der Waals surface area contributed by atoms with Gasteiger partial charge in [-0.05, 0) is 36.8 Å². The van der Waals surface area contributed by atoms with Crippen molar-refractivity contribution in [3.8, 4) is 5.75 Å². The largest absolute Gasteiger partial charge is 0.497 e. The topological polar surface area (TPSA) is 57.7 Å². The highest BCUT2D eigenvalue weighted by Crippen LogP contribution is 2.29. The molecule has 1 aromatic carbocycles. The van der Waals surface area contributed by atoms with Gasteiger partial charge in [-0.3, -0.25) is 9.69 Å². The number of piperazine rings is 1. The number of anilines is 1. The van der Waals surface area contributed by atoms with Gasteiger partial charge < -0.3 is 15.0 Å². The number of halogens is 3. The molecular weight excluding hydrogens is 397 g/mol. The van der Waals surface area contributed by atoms with Gasteiger partial charge in [-0.1, -0.05) is 12.1 Å². The Bertz CT molecular complexity index is 833. The Morgan fingerprint density at radius 1 is 1.13 bits per heavy atom. The summed E-state index contributed by atoms with van der Waals surface area (Å²) in [6.45, 7) is 4.72. The Hall–Kier alpha value is -2.81. The zero-order valence-electron chi connectivity index (χ0n) is 16.9. The first kappa shape index (κ1) is 21.9. The maximum Gasteiger partial charge on any atom is 0.417 e. The standard InChI is InChI=1S/C21H25F3N4O2/c1-15(20(29)26-13-16-3-6-18(30-2)7-4-16)27-9-11-28(12-10-27)19-8-5-17(14-25-19)21(22,23)24/h3-8,14-15H,9-13H2,1-2H3,(H,26,29). The first-order chi connectivity index (χ1) is 14.3. The maximum atomic E-state index is 12.7. The summed E-state index contributed by atoms with van der Waals surface area (Å²) >= 11 is 0.